The van der Waals surface area contributed by atoms with Crippen LogP contribution in [0.15, 0.2) is 0 Å². The number of ether oxygens (including phenoxy) is 6. The van der Waals surface area contributed by atoms with Crippen molar-refractivity contribution in [1.29, 1.82) is 0 Å². The molecule has 0 radical (unpaired) electrons. The van der Waals surface area contributed by atoms with Gasteiger partial charge in [-0.2, -0.15) is 0 Å². The molecule has 16 atom stereocenters. The number of carbonyl (C=O) groups is 3. The van der Waals surface area contributed by atoms with Gasteiger partial charge in [0.2, 0.25) is 5.91 Å². The summed E-state index contributed by atoms with van der Waals surface area (Å²) in [7, 11) is 0. The molecule has 3 heterocycles. The van der Waals surface area contributed by atoms with Crippen LogP contribution in [0.4, 0.5) is 0 Å². The van der Waals surface area contributed by atoms with Crippen LogP contribution in [0.1, 0.15) is 71.1 Å². The summed E-state index contributed by atoms with van der Waals surface area (Å²) in [6, 6.07) is -0.967. The van der Waals surface area contributed by atoms with Crippen LogP contribution in [0, 0.1) is 0 Å². The van der Waals surface area contributed by atoms with Crippen molar-refractivity contribution >= 4 is 17.5 Å². The summed E-state index contributed by atoms with van der Waals surface area (Å²) >= 11 is 0. The van der Waals surface area contributed by atoms with Crippen LogP contribution < -0.4 is 5.32 Å². The predicted octanol–water partition coefficient (Wildman–Crippen LogP) is -5.72. The van der Waals surface area contributed by atoms with Crippen molar-refractivity contribution in [2.24, 2.45) is 0 Å². The monoisotopic (exact) mass is 902 g/mol. The number of Topliss-reactive ketones (excluding diaryl/α,β-unsaturated/α-hetero) is 2. The standard InChI is InChI=1S/C39H70N2O21/c1-2-21(45)8-6-7-10-22(46)9-4-3-5-11-23(36(56)40-12-15-57-37-33(53)30(50)27(47)24(18-42)60-37)41(13-16-58-38-34(54)31(51)28(48)25(19-43)61-38)14-17-59-39-35(55)32(52)29(49)26(20-44)62-39/h23-35,37-39,42-44,47-55H,2-20H2,1H3,(H,40,56)/t23-,24+,25+,26+,27+,28+,29+,30-,31-,32-,33-,34-,35-,37-,38-,39-/m0/s1. The number of aliphatic hydroxyl groups is 12. The van der Waals surface area contributed by atoms with E-state index in [0.29, 0.717) is 57.8 Å². The number of rotatable bonds is 29. The second-order valence-corrected chi connectivity index (χ2v) is 15.8. The highest BCUT2D eigenvalue weighted by atomic mass is 16.7. The first kappa shape index (κ1) is 54.4. The Labute approximate surface area is 360 Å². The first-order valence-electron chi connectivity index (χ1n) is 21.4. The third-order valence-electron chi connectivity index (χ3n) is 11.3. The molecule has 1 amide bonds. The highest BCUT2D eigenvalue weighted by Crippen LogP contribution is 2.25. The molecule has 3 rings (SSSR count). The van der Waals surface area contributed by atoms with Crippen molar-refractivity contribution in [3.05, 3.63) is 0 Å². The molecule has 0 spiro atoms. The van der Waals surface area contributed by atoms with E-state index >= 15 is 0 Å². The summed E-state index contributed by atoms with van der Waals surface area (Å²) < 4.78 is 33.2. The van der Waals surface area contributed by atoms with Gasteiger partial charge in [-0.25, -0.2) is 0 Å². The highest BCUT2D eigenvalue weighted by Gasteiger charge is 2.46. The number of ketones is 2. The van der Waals surface area contributed by atoms with Crippen LogP contribution in [-0.4, -0.2) is 241 Å². The van der Waals surface area contributed by atoms with Gasteiger partial charge in [-0.3, -0.25) is 19.3 Å². The molecule has 3 fully saturated rings. The van der Waals surface area contributed by atoms with E-state index in [-0.39, 0.29) is 57.4 Å². The van der Waals surface area contributed by atoms with Gasteiger partial charge in [0.05, 0.1) is 45.7 Å². The molecule has 362 valence electrons. The summed E-state index contributed by atoms with van der Waals surface area (Å²) in [6.45, 7) is -1.35. The molecule has 0 aromatic heterocycles. The summed E-state index contributed by atoms with van der Waals surface area (Å²) in [6.07, 6.45) is -18.7. The van der Waals surface area contributed by atoms with E-state index in [0.717, 1.165) is 0 Å². The quantitative estimate of drug-likeness (QED) is 0.0311. The van der Waals surface area contributed by atoms with Gasteiger partial charge in [0.1, 0.15) is 84.8 Å². The van der Waals surface area contributed by atoms with Gasteiger partial charge in [0, 0.05) is 45.3 Å². The molecule has 0 aliphatic carbocycles. The SMILES string of the molecule is CCC(=O)CCCCC(=O)CCCCC[C@@H](C(=O)NCCO[C@H]1O[C@H](CO)[C@@H](O)[C@H](O)[C@@H]1O)N(CCO[C@H]1O[C@H](CO)[C@@H](O)[C@H](O)[C@@H]1O)CCO[C@H]1O[C@H](CO)[C@@H](O)[C@H](O)[C@@H]1O. The van der Waals surface area contributed by atoms with Crippen LogP contribution >= 0.6 is 0 Å². The van der Waals surface area contributed by atoms with E-state index in [1.807, 2.05) is 0 Å². The molecule has 3 aliphatic rings. The molecule has 0 aromatic carbocycles. The Morgan fingerprint density at radius 3 is 1.32 bits per heavy atom. The Hall–Kier alpha value is -1.95. The second-order valence-electron chi connectivity index (χ2n) is 15.8. The number of aliphatic hydroxyl groups excluding tert-OH is 12. The molecule has 0 unspecified atom stereocenters. The molecule has 0 aromatic rings. The predicted molar refractivity (Wildman–Crippen MR) is 209 cm³/mol. The van der Waals surface area contributed by atoms with E-state index in [1.54, 1.807) is 11.8 Å². The zero-order chi connectivity index (χ0) is 45.9. The molecule has 23 heteroatoms. The number of amides is 1. The lowest BCUT2D eigenvalue weighted by molar-refractivity contribution is -0.303. The van der Waals surface area contributed by atoms with Crippen LogP contribution in [0.5, 0.6) is 0 Å². The highest BCUT2D eigenvalue weighted by molar-refractivity contribution is 5.81. The van der Waals surface area contributed by atoms with Crippen molar-refractivity contribution in [2.45, 2.75) is 169 Å². The fourth-order valence-electron chi connectivity index (χ4n) is 7.34. The Morgan fingerprint density at radius 2 is 0.919 bits per heavy atom. The maximum absolute atomic E-state index is 14.0. The maximum atomic E-state index is 14.0. The Kier molecular flexibility index (Phi) is 24.7. The van der Waals surface area contributed by atoms with Crippen molar-refractivity contribution in [3.8, 4) is 0 Å². The molecule has 23 nitrogen and oxygen atoms in total. The normalized spacial score (nSPS) is 34.6. The topological polar surface area (TPSA) is 365 Å². The van der Waals surface area contributed by atoms with Gasteiger partial charge >= 0.3 is 0 Å². The lowest BCUT2D eigenvalue weighted by atomic mass is 9.99. The number of nitrogens with zero attached hydrogens (tertiary/aromatic N) is 1. The zero-order valence-electron chi connectivity index (χ0n) is 35.2. The van der Waals surface area contributed by atoms with Gasteiger partial charge in [0.25, 0.3) is 0 Å². The molecule has 0 bridgehead atoms. The fourth-order valence-corrected chi connectivity index (χ4v) is 7.34. The van der Waals surface area contributed by atoms with Crippen LogP contribution in [0.2, 0.25) is 0 Å². The molecule has 13 N–H and O–H groups in total. The number of hydrogen-bond donors (Lipinski definition) is 13. The maximum Gasteiger partial charge on any atom is 0.237 e. The molecular formula is C39H70N2O21. The van der Waals surface area contributed by atoms with Crippen LogP contribution in [-0.2, 0) is 42.8 Å². The minimum atomic E-state index is -1.71. The minimum Gasteiger partial charge on any atom is -0.394 e. The van der Waals surface area contributed by atoms with Crippen molar-refractivity contribution in [3.63, 3.8) is 0 Å². The lowest BCUT2D eigenvalue weighted by Gasteiger charge is -2.40. The summed E-state index contributed by atoms with van der Waals surface area (Å²) in [5, 5.41) is 124. The summed E-state index contributed by atoms with van der Waals surface area (Å²) in [4.78, 5) is 39.7. The van der Waals surface area contributed by atoms with E-state index in [2.05, 4.69) is 5.32 Å². The van der Waals surface area contributed by atoms with Crippen molar-refractivity contribution in [2.75, 3.05) is 59.3 Å². The Bertz CT molecular complexity index is 1260. The summed E-state index contributed by atoms with van der Waals surface area (Å²) in [5.41, 5.74) is 0. The Morgan fingerprint density at radius 1 is 0.532 bits per heavy atom. The molecule has 3 aliphatic heterocycles. The van der Waals surface area contributed by atoms with Gasteiger partial charge in [0.15, 0.2) is 18.9 Å². The molecule has 0 saturated carbocycles. The van der Waals surface area contributed by atoms with Gasteiger partial charge < -0.3 is 95.0 Å². The first-order valence-corrected chi connectivity index (χ1v) is 21.4. The van der Waals surface area contributed by atoms with E-state index < -0.39 is 124 Å². The molecule has 62 heavy (non-hydrogen) atoms. The van der Waals surface area contributed by atoms with Crippen molar-refractivity contribution < 1.29 is 104 Å². The number of carbonyl (C=O) groups excluding carboxylic acids is 3. The number of hydrogen-bond acceptors (Lipinski definition) is 22. The zero-order valence-corrected chi connectivity index (χ0v) is 35.2. The minimum absolute atomic E-state index is 0.0555. The third kappa shape index (κ3) is 16.2. The van der Waals surface area contributed by atoms with Gasteiger partial charge in [-0.1, -0.05) is 19.8 Å². The third-order valence-corrected chi connectivity index (χ3v) is 11.3. The van der Waals surface area contributed by atoms with Crippen molar-refractivity contribution in [1.82, 2.24) is 10.2 Å². The second kappa shape index (κ2) is 28.2. The van der Waals surface area contributed by atoms with E-state index in [4.69, 9.17) is 28.4 Å². The van der Waals surface area contributed by atoms with Gasteiger partial charge in [-0.15, -0.1) is 0 Å². The molecular weight excluding hydrogens is 832 g/mol. The molecule has 3 saturated heterocycles. The Balaban J connectivity index is 1.73. The number of nitrogens with one attached hydrogen (secondary N) is 1. The lowest BCUT2D eigenvalue weighted by Crippen LogP contribution is -2.60. The van der Waals surface area contributed by atoms with Gasteiger partial charge in [-0.05, 0) is 25.7 Å². The van der Waals surface area contributed by atoms with Crippen LogP contribution in [0.25, 0.3) is 0 Å². The average Bonchev–Trinajstić information content (AvgIpc) is 3.26. The largest absolute Gasteiger partial charge is 0.394 e. The number of unbranched alkanes of at least 4 members (excludes halogenated alkanes) is 3. The first-order chi connectivity index (χ1) is 29.6. The van der Waals surface area contributed by atoms with E-state index in [1.165, 1.54) is 0 Å². The van der Waals surface area contributed by atoms with E-state index in [9.17, 15) is 75.7 Å². The average molecular weight is 903 g/mol. The van der Waals surface area contributed by atoms with Crippen LogP contribution in [0.3, 0.4) is 0 Å². The summed E-state index contributed by atoms with van der Waals surface area (Å²) in [5.74, 6) is -0.340. The smallest absolute Gasteiger partial charge is 0.237 e. The fraction of sp³-hybridized carbons (Fsp3) is 0.923.